The standard InChI is InChI=1S/C15H16FN3O2/c1-19(2)14(21)9-18-15-13(20)7-11(8-17-15)10-3-5-12(16)6-4-10/h3-8,20H,9H2,1-2H3,(H,17,18). The van der Waals surface area contributed by atoms with Crippen molar-refractivity contribution >= 4 is 11.7 Å². The highest BCUT2D eigenvalue weighted by Crippen LogP contribution is 2.27. The van der Waals surface area contributed by atoms with E-state index in [0.29, 0.717) is 5.56 Å². The maximum absolute atomic E-state index is 12.9. The van der Waals surface area contributed by atoms with Crippen LogP contribution in [0.5, 0.6) is 5.75 Å². The lowest BCUT2D eigenvalue weighted by molar-refractivity contribution is -0.126. The highest BCUT2D eigenvalue weighted by Gasteiger charge is 2.09. The zero-order valence-electron chi connectivity index (χ0n) is 11.8. The Balaban J connectivity index is 2.14. The number of carbonyl (C=O) groups is 1. The molecular weight excluding hydrogens is 273 g/mol. The molecule has 2 rings (SSSR count). The summed E-state index contributed by atoms with van der Waals surface area (Å²) in [6.45, 7) is 0.0451. The van der Waals surface area contributed by atoms with Gasteiger partial charge in [-0.05, 0) is 23.8 Å². The number of nitrogens with one attached hydrogen (secondary N) is 1. The van der Waals surface area contributed by atoms with E-state index < -0.39 is 0 Å². The Morgan fingerprint density at radius 3 is 2.52 bits per heavy atom. The Morgan fingerprint density at radius 2 is 1.95 bits per heavy atom. The van der Waals surface area contributed by atoms with Gasteiger partial charge in [-0.2, -0.15) is 0 Å². The summed E-state index contributed by atoms with van der Waals surface area (Å²) < 4.78 is 12.9. The average Bonchev–Trinajstić information content (AvgIpc) is 2.46. The van der Waals surface area contributed by atoms with Crippen LogP contribution in [0.3, 0.4) is 0 Å². The smallest absolute Gasteiger partial charge is 0.241 e. The Labute approximate surface area is 122 Å². The second-order valence-corrected chi connectivity index (χ2v) is 4.74. The van der Waals surface area contributed by atoms with Gasteiger partial charge in [-0.15, -0.1) is 0 Å². The number of amides is 1. The predicted molar refractivity (Wildman–Crippen MR) is 78.5 cm³/mol. The first-order valence-corrected chi connectivity index (χ1v) is 6.36. The minimum absolute atomic E-state index is 0.0451. The van der Waals surface area contributed by atoms with Crippen LogP contribution in [0.1, 0.15) is 0 Å². The monoisotopic (exact) mass is 289 g/mol. The fourth-order valence-electron chi connectivity index (χ4n) is 1.71. The quantitative estimate of drug-likeness (QED) is 0.904. The van der Waals surface area contributed by atoms with Gasteiger partial charge >= 0.3 is 0 Å². The molecule has 0 saturated heterocycles. The molecule has 0 spiro atoms. The first-order chi connectivity index (χ1) is 9.97. The van der Waals surface area contributed by atoms with E-state index in [0.717, 1.165) is 5.56 Å². The van der Waals surface area contributed by atoms with Crippen LogP contribution >= 0.6 is 0 Å². The minimum Gasteiger partial charge on any atom is -0.504 e. The molecule has 0 radical (unpaired) electrons. The number of hydrogen-bond donors (Lipinski definition) is 2. The lowest BCUT2D eigenvalue weighted by Gasteiger charge is -2.12. The molecule has 6 heteroatoms. The van der Waals surface area contributed by atoms with Crippen LogP contribution in [0, 0.1) is 5.82 Å². The van der Waals surface area contributed by atoms with Gasteiger partial charge in [0.2, 0.25) is 5.91 Å². The molecule has 1 amide bonds. The summed E-state index contributed by atoms with van der Waals surface area (Å²) in [5.41, 5.74) is 1.41. The summed E-state index contributed by atoms with van der Waals surface area (Å²) in [5, 5.41) is 12.7. The number of rotatable bonds is 4. The third-order valence-corrected chi connectivity index (χ3v) is 2.95. The molecular formula is C15H16FN3O2. The Bertz CT molecular complexity index is 642. The van der Waals surface area contributed by atoms with Crippen molar-refractivity contribution < 1.29 is 14.3 Å². The molecule has 0 unspecified atom stereocenters. The molecule has 110 valence electrons. The van der Waals surface area contributed by atoms with Gasteiger partial charge in [0, 0.05) is 25.9 Å². The number of aromatic nitrogens is 1. The molecule has 0 atom stereocenters. The molecule has 2 N–H and O–H groups in total. The summed E-state index contributed by atoms with van der Waals surface area (Å²) in [6, 6.07) is 7.41. The van der Waals surface area contributed by atoms with Crippen LogP contribution < -0.4 is 5.32 Å². The third-order valence-electron chi connectivity index (χ3n) is 2.95. The van der Waals surface area contributed by atoms with E-state index in [1.54, 1.807) is 32.4 Å². The molecule has 21 heavy (non-hydrogen) atoms. The van der Waals surface area contributed by atoms with Crippen molar-refractivity contribution in [2.75, 3.05) is 26.0 Å². The number of nitrogens with zero attached hydrogens (tertiary/aromatic N) is 2. The molecule has 0 aliphatic rings. The van der Waals surface area contributed by atoms with E-state index in [1.165, 1.54) is 23.1 Å². The topological polar surface area (TPSA) is 65.5 Å². The number of hydrogen-bond acceptors (Lipinski definition) is 4. The molecule has 1 aromatic carbocycles. The Hall–Kier alpha value is -2.63. The molecule has 5 nitrogen and oxygen atoms in total. The average molecular weight is 289 g/mol. The van der Waals surface area contributed by atoms with Gasteiger partial charge in [0.15, 0.2) is 11.6 Å². The van der Waals surface area contributed by atoms with Crippen LogP contribution in [-0.2, 0) is 4.79 Å². The number of likely N-dealkylation sites (N-methyl/N-ethyl adjacent to an activating group) is 1. The number of aromatic hydroxyl groups is 1. The summed E-state index contributed by atoms with van der Waals surface area (Å²) in [6.07, 6.45) is 1.55. The van der Waals surface area contributed by atoms with Crippen molar-refractivity contribution in [3.63, 3.8) is 0 Å². The molecule has 0 fully saturated rings. The van der Waals surface area contributed by atoms with Crippen LogP contribution in [0.4, 0.5) is 10.2 Å². The molecule has 0 bridgehead atoms. The zero-order chi connectivity index (χ0) is 15.4. The van der Waals surface area contributed by atoms with Gasteiger partial charge in [-0.1, -0.05) is 12.1 Å². The summed E-state index contributed by atoms with van der Waals surface area (Å²) in [4.78, 5) is 17.0. The Morgan fingerprint density at radius 1 is 1.29 bits per heavy atom. The SMILES string of the molecule is CN(C)C(=O)CNc1ncc(-c2ccc(F)cc2)cc1O. The number of anilines is 1. The third kappa shape index (κ3) is 3.68. The second kappa shape index (κ2) is 6.21. The Kier molecular flexibility index (Phi) is 4.37. The second-order valence-electron chi connectivity index (χ2n) is 4.74. The van der Waals surface area contributed by atoms with Crippen LogP contribution in [0.25, 0.3) is 11.1 Å². The fourth-order valence-corrected chi connectivity index (χ4v) is 1.71. The van der Waals surface area contributed by atoms with Crippen molar-refractivity contribution in [3.8, 4) is 16.9 Å². The van der Waals surface area contributed by atoms with E-state index in [1.807, 2.05) is 0 Å². The van der Waals surface area contributed by atoms with E-state index >= 15 is 0 Å². The van der Waals surface area contributed by atoms with Gasteiger partial charge in [0.25, 0.3) is 0 Å². The van der Waals surface area contributed by atoms with Crippen LogP contribution in [0.2, 0.25) is 0 Å². The van der Waals surface area contributed by atoms with Crippen molar-refractivity contribution in [1.82, 2.24) is 9.88 Å². The number of carbonyl (C=O) groups excluding carboxylic acids is 1. The minimum atomic E-state index is -0.323. The molecule has 2 aromatic rings. The predicted octanol–water partition coefficient (Wildman–Crippen LogP) is 2.09. The van der Waals surface area contributed by atoms with Gasteiger partial charge in [0.1, 0.15) is 5.82 Å². The van der Waals surface area contributed by atoms with Gasteiger partial charge in [-0.3, -0.25) is 4.79 Å². The van der Waals surface area contributed by atoms with E-state index in [-0.39, 0.29) is 29.8 Å². The zero-order valence-corrected chi connectivity index (χ0v) is 11.8. The number of pyridine rings is 1. The van der Waals surface area contributed by atoms with Gasteiger partial charge in [0.05, 0.1) is 6.54 Å². The van der Waals surface area contributed by atoms with Crippen molar-refractivity contribution in [2.24, 2.45) is 0 Å². The highest BCUT2D eigenvalue weighted by molar-refractivity contribution is 5.80. The van der Waals surface area contributed by atoms with Crippen molar-refractivity contribution in [3.05, 3.63) is 42.3 Å². The summed E-state index contributed by atoms with van der Waals surface area (Å²) in [7, 11) is 3.30. The maximum atomic E-state index is 12.9. The van der Waals surface area contributed by atoms with Crippen molar-refractivity contribution in [1.29, 1.82) is 0 Å². The van der Waals surface area contributed by atoms with Crippen LogP contribution in [-0.4, -0.2) is 41.5 Å². The van der Waals surface area contributed by atoms with Gasteiger partial charge in [-0.25, -0.2) is 9.37 Å². The molecule has 1 heterocycles. The number of halogens is 1. The maximum Gasteiger partial charge on any atom is 0.241 e. The molecule has 1 aromatic heterocycles. The lowest BCUT2D eigenvalue weighted by atomic mass is 10.1. The van der Waals surface area contributed by atoms with E-state index in [9.17, 15) is 14.3 Å². The summed E-state index contributed by atoms with van der Waals surface area (Å²) >= 11 is 0. The van der Waals surface area contributed by atoms with Gasteiger partial charge < -0.3 is 15.3 Å². The summed E-state index contributed by atoms with van der Waals surface area (Å²) in [5.74, 6) is -0.283. The van der Waals surface area contributed by atoms with E-state index in [4.69, 9.17) is 0 Å². The molecule has 0 aliphatic heterocycles. The normalized spacial score (nSPS) is 10.2. The molecule has 0 aliphatic carbocycles. The lowest BCUT2D eigenvalue weighted by Crippen LogP contribution is -2.28. The largest absolute Gasteiger partial charge is 0.504 e. The van der Waals surface area contributed by atoms with Crippen molar-refractivity contribution in [2.45, 2.75) is 0 Å². The fraction of sp³-hybridized carbons (Fsp3) is 0.200. The molecule has 0 saturated carbocycles. The first-order valence-electron chi connectivity index (χ1n) is 6.36. The van der Waals surface area contributed by atoms with E-state index in [2.05, 4.69) is 10.3 Å². The highest BCUT2D eigenvalue weighted by atomic mass is 19.1. The van der Waals surface area contributed by atoms with Crippen LogP contribution in [0.15, 0.2) is 36.5 Å². The number of benzene rings is 1. The first kappa shape index (κ1) is 14.8.